The average Bonchev–Trinajstić information content (AvgIpc) is 3.52. The number of likely N-dealkylation sites (N-methyl/N-ethyl adjacent to an activating group) is 1. The second kappa shape index (κ2) is 11.3. The highest BCUT2D eigenvalue weighted by Gasteiger charge is 2.19. The van der Waals surface area contributed by atoms with E-state index >= 15 is 0 Å². The lowest BCUT2D eigenvalue weighted by molar-refractivity contribution is 0.0929. The standard InChI is InChI=1S/C28H36N8O2/c1-4-20(29-27(37)24-15-19-9-5-8-12-23(19)30-24)10-6-7-11-21-16-25(28(38)35(3)32-21)31-26-17-22-18-34(2)13-14-36(22)33-26/h15-17,20,30H,4-6,8-10,12-14,18H2,1-3H3,(H,29,37)(H,31,33)/t20-/m0/s1. The fourth-order valence-electron chi connectivity index (χ4n) is 5.12. The van der Waals surface area contributed by atoms with Crippen LogP contribution in [0, 0.1) is 11.8 Å². The number of hydrogen-bond donors (Lipinski definition) is 3. The molecule has 4 heterocycles. The van der Waals surface area contributed by atoms with Gasteiger partial charge in [-0.2, -0.15) is 10.2 Å². The Labute approximate surface area is 222 Å². The van der Waals surface area contributed by atoms with Gasteiger partial charge in [0.1, 0.15) is 17.1 Å². The SMILES string of the molecule is CC[C@@H](CCC#Cc1cc(Nc2cc3n(n2)CCN(C)C3)c(=O)n(C)n1)NC(=O)c1cc2c([nH]1)CCCC2. The lowest BCUT2D eigenvalue weighted by Crippen LogP contribution is -2.34. The molecule has 3 aromatic rings. The minimum atomic E-state index is -0.238. The van der Waals surface area contributed by atoms with E-state index < -0.39 is 0 Å². The molecule has 1 atom stereocenters. The molecule has 38 heavy (non-hydrogen) atoms. The predicted octanol–water partition coefficient (Wildman–Crippen LogP) is 2.71. The lowest BCUT2D eigenvalue weighted by atomic mass is 9.98. The van der Waals surface area contributed by atoms with Gasteiger partial charge in [-0.05, 0) is 63.1 Å². The largest absolute Gasteiger partial charge is 0.354 e. The molecule has 3 aromatic heterocycles. The number of nitrogens with one attached hydrogen (secondary N) is 3. The number of rotatable bonds is 7. The summed E-state index contributed by atoms with van der Waals surface area (Å²) in [4.78, 5) is 31.0. The maximum Gasteiger partial charge on any atom is 0.290 e. The minimum absolute atomic E-state index is 0.0356. The van der Waals surface area contributed by atoms with E-state index in [1.807, 2.05) is 16.8 Å². The van der Waals surface area contributed by atoms with E-state index in [0.717, 1.165) is 51.0 Å². The number of H-pyrrole nitrogens is 1. The monoisotopic (exact) mass is 516 g/mol. The van der Waals surface area contributed by atoms with Crippen molar-refractivity contribution >= 4 is 17.4 Å². The van der Waals surface area contributed by atoms with Crippen LogP contribution in [0.5, 0.6) is 0 Å². The number of nitrogens with zero attached hydrogens (tertiary/aromatic N) is 5. The quantitative estimate of drug-likeness (QED) is 0.416. The van der Waals surface area contributed by atoms with Crippen molar-refractivity contribution in [3.63, 3.8) is 0 Å². The molecular weight excluding hydrogens is 480 g/mol. The van der Waals surface area contributed by atoms with Crippen molar-refractivity contribution in [1.82, 2.24) is 34.8 Å². The van der Waals surface area contributed by atoms with Crippen LogP contribution in [0.3, 0.4) is 0 Å². The zero-order chi connectivity index (χ0) is 26.6. The molecule has 0 unspecified atom stereocenters. The molecule has 0 aromatic carbocycles. The first-order valence-electron chi connectivity index (χ1n) is 13.5. The molecule has 0 radical (unpaired) electrons. The fraction of sp³-hybridized carbons (Fsp3) is 0.500. The lowest BCUT2D eigenvalue weighted by Gasteiger charge is -2.22. The van der Waals surface area contributed by atoms with Crippen molar-refractivity contribution in [2.75, 3.05) is 18.9 Å². The number of anilines is 2. The van der Waals surface area contributed by atoms with E-state index in [-0.39, 0.29) is 17.5 Å². The summed E-state index contributed by atoms with van der Waals surface area (Å²) < 4.78 is 3.27. The Balaban J connectivity index is 1.20. The maximum absolute atomic E-state index is 12.8. The van der Waals surface area contributed by atoms with Crippen LogP contribution in [0.1, 0.15) is 72.2 Å². The van der Waals surface area contributed by atoms with Gasteiger partial charge >= 0.3 is 0 Å². The van der Waals surface area contributed by atoms with Crippen LogP contribution in [0.25, 0.3) is 0 Å². The third-order valence-electron chi connectivity index (χ3n) is 7.34. The third kappa shape index (κ3) is 5.83. The van der Waals surface area contributed by atoms with Gasteiger partial charge in [0.05, 0.1) is 12.2 Å². The molecule has 5 rings (SSSR count). The molecule has 0 bridgehead atoms. The van der Waals surface area contributed by atoms with Gasteiger partial charge in [0.2, 0.25) is 0 Å². The van der Waals surface area contributed by atoms with Gasteiger partial charge in [0.15, 0.2) is 5.82 Å². The molecule has 0 fully saturated rings. The first-order valence-corrected chi connectivity index (χ1v) is 13.5. The van der Waals surface area contributed by atoms with Crippen LogP contribution in [0.4, 0.5) is 11.5 Å². The van der Waals surface area contributed by atoms with Crippen molar-refractivity contribution in [1.29, 1.82) is 0 Å². The third-order valence-corrected chi connectivity index (χ3v) is 7.34. The zero-order valence-corrected chi connectivity index (χ0v) is 22.4. The summed E-state index contributed by atoms with van der Waals surface area (Å²) in [6.07, 6.45) is 6.60. The minimum Gasteiger partial charge on any atom is -0.354 e. The van der Waals surface area contributed by atoms with E-state index in [1.165, 1.54) is 28.8 Å². The Morgan fingerprint density at radius 2 is 2.00 bits per heavy atom. The Hall–Kier alpha value is -3.84. The maximum atomic E-state index is 12.8. The van der Waals surface area contributed by atoms with Crippen molar-refractivity contribution in [3.8, 4) is 11.8 Å². The Kier molecular flexibility index (Phi) is 7.65. The number of aromatic amines is 1. The number of aromatic nitrogens is 5. The van der Waals surface area contributed by atoms with E-state index in [1.54, 1.807) is 13.1 Å². The van der Waals surface area contributed by atoms with Gasteiger partial charge in [0.25, 0.3) is 11.5 Å². The number of carbonyl (C=O) groups excluding carboxylic acids is 1. The van der Waals surface area contributed by atoms with Crippen LogP contribution in [0.2, 0.25) is 0 Å². The molecule has 0 saturated heterocycles. The molecule has 2 aliphatic rings. The molecule has 200 valence electrons. The van der Waals surface area contributed by atoms with Crippen molar-refractivity contribution in [2.24, 2.45) is 7.05 Å². The summed E-state index contributed by atoms with van der Waals surface area (Å²) in [7, 11) is 3.70. The normalized spacial score (nSPS) is 15.7. The topological polar surface area (TPSA) is 113 Å². The van der Waals surface area contributed by atoms with Gasteiger partial charge in [-0.1, -0.05) is 12.8 Å². The van der Waals surface area contributed by atoms with E-state index in [4.69, 9.17) is 0 Å². The van der Waals surface area contributed by atoms with Gasteiger partial charge in [0, 0.05) is 50.4 Å². The first kappa shape index (κ1) is 25.8. The Morgan fingerprint density at radius 1 is 1.16 bits per heavy atom. The van der Waals surface area contributed by atoms with Crippen molar-refractivity contribution in [3.05, 3.63) is 56.9 Å². The number of carbonyl (C=O) groups is 1. The van der Waals surface area contributed by atoms with Gasteiger partial charge in [-0.3, -0.25) is 19.2 Å². The number of aryl methyl sites for hydroxylation is 3. The first-order chi connectivity index (χ1) is 18.4. The second-order valence-electron chi connectivity index (χ2n) is 10.3. The summed E-state index contributed by atoms with van der Waals surface area (Å²) in [5.74, 6) is 6.83. The average molecular weight is 517 g/mol. The van der Waals surface area contributed by atoms with E-state index in [2.05, 4.69) is 56.5 Å². The summed E-state index contributed by atoms with van der Waals surface area (Å²) in [6.45, 7) is 4.66. The van der Waals surface area contributed by atoms with Crippen LogP contribution in [-0.2, 0) is 33.0 Å². The highest BCUT2D eigenvalue weighted by Crippen LogP contribution is 2.22. The molecule has 0 spiro atoms. The highest BCUT2D eigenvalue weighted by molar-refractivity contribution is 5.93. The van der Waals surface area contributed by atoms with Crippen LogP contribution in [-0.4, -0.2) is 55.0 Å². The van der Waals surface area contributed by atoms with Gasteiger partial charge < -0.3 is 15.6 Å². The molecule has 1 aliphatic heterocycles. The van der Waals surface area contributed by atoms with Crippen molar-refractivity contribution in [2.45, 2.75) is 71.0 Å². The zero-order valence-electron chi connectivity index (χ0n) is 22.4. The number of fused-ring (bicyclic) bond motifs is 2. The molecule has 1 amide bonds. The van der Waals surface area contributed by atoms with Crippen LogP contribution < -0.4 is 16.2 Å². The molecule has 3 N–H and O–H groups in total. The Bertz CT molecular complexity index is 1410. The summed E-state index contributed by atoms with van der Waals surface area (Å²) >= 11 is 0. The second-order valence-corrected chi connectivity index (χ2v) is 10.3. The molecule has 0 saturated carbocycles. The molecule has 10 heteroatoms. The van der Waals surface area contributed by atoms with E-state index in [0.29, 0.717) is 29.3 Å². The van der Waals surface area contributed by atoms with E-state index in [9.17, 15) is 9.59 Å². The highest BCUT2D eigenvalue weighted by atomic mass is 16.2. The predicted molar refractivity (Wildman–Crippen MR) is 146 cm³/mol. The molecule has 10 nitrogen and oxygen atoms in total. The van der Waals surface area contributed by atoms with Crippen molar-refractivity contribution < 1.29 is 4.79 Å². The summed E-state index contributed by atoms with van der Waals surface area (Å²) in [6, 6.07) is 5.69. The number of hydrogen-bond acceptors (Lipinski definition) is 6. The van der Waals surface area contributed by atoms with Gasteiger partial charge in [-0.25, -0.2) is 4.68 Å². The summed E-state index contributed by atoms with van der Waals surface area (Å²) in [5.41, 5.74) is 4.91. The fourth-order valence-corrected chi connectivity index (χ4v) is 5.12. The molecular formula is C28H36N8O2. The molecule has 1 aliphatic carbocycles. The van der Waals surface area contributed by atoms with Crippen LogP contribution in [0.15, 0.2) is 23.0 Å². The number of amides is 1. The smallest absolute Gasteiger partial charge is 0.290 e. The Morgan fingerprint density at radius 3 is 2.82 bits per heavy atom. The van der Waals surface area contributed by atoms with Gasteiger partial charge in [-0.15, -0.1) is 0 Å². The van der Waals surface area contributed by atoms with Crippen LogP contribution >= 0.6 is 0 Å². The summed E-state index contributed by atoms with van der Waals surface area (Å²) in [5, 5.41) is 15.2.